The van der Waals surface area contributed by atoms with Gasteiger partial charge < -0.3 is 25.6 Å². The van der Waals surface area contributed by atoms with Crippen LogP contribution in [0.2, 0.25) is 0 Å². The van der Waals surface area contributed by atoms with Crippen molar-refractivity contribution >= 4 is 34.1 Å². The van der Waals surface area contributed by atoms with Gasteiger partial charge in [0.05, 0.1) is 16.8 Å². The second-order valence-electron chi connectivity index (χ2n) is 8.48. The number of nitrogens with zero attached hydrogens (tertiary/aromatic N) is 5. The number of halogens is 1. The maximum Gasteiger partial charge on any atom is 0.250 e. The summed E-state index contributed by atoms with van der Waals surface area (Å²) in [5.74, 6) is -0.0350. The second-order valence-corrected chi connectivity index (χ2v) is 8.48. The van der Waals surface area contributed by atoms with Gasteiger partial charge in [0.1, 0.15) is 17.9 Å². The van der Waals surface area contributed by atoms with E-state index < -0.39 is 12.1 Å². The molecule has 0 aliphatic carbocycles. The Labute approximate surface area is 201 Å². The Hall–Kier alpha value is -4.02. The molecule has 9 nitrogen and oxygen atoms in total. The summed E-state index contributed by atoms with van der Waals surface area (Å²) in [4.78, 5) is 24.6. The summed E-state index contributed by atoms with van der Waals surface area (Å²) >= 11 is 0. The van der Waals surface area contributed by atoms with Gasteiger partial charge in [-0.3, -0.25) is 9.69 Å². The Kier molecular flexibility index (Phi) is 6.06. The first-order valence-corrected chi connectivity index (χ1v) is 11.4. The van der Waals surface area contributed by atoms with E-state index in [1.165, 1.54) is 6.07 Å². The van der Waals surface area contributed by atoms with E-state index in [0.717, 1.165) is 10.9 Å². The number of benzene rings is 2. The highest BCUT2D eigenvalue weighted by Crippen LogP contribution is 2.27. The minimum absolute atomic E-state index is 0.290. The SMILES string of the molecule is CC(O)N1CCN(c2ccc(Nc3nccc(-n4cc(C(N)=O)c5ccccc54)n3)cc2F)CC1. The van der Waals surface area contributed by atoms with Crippen molar-refractivity contribution in [1.29, 1.82) is 0 Å². The Morgan fingerprint density at radius 1 is 1.14 bits per heavy atom. The molecule has 4 aromatic rings. The number of hydrogen-bond acceptors (Lipinski definition) is 7. The van der Waals surface area contributed by atoms with E-state index >= 15 is 0 Å². The van der Waals surface area contributed by atoms with Crippen molar-refractivity contribution in [2.75, 3.05) is 36.4 Å². The molecule has 0 radical (unpaired) electrons. The lowest BCUT2D eigenvalue weighted by Gasteiger charge is -2.37. The number of aliphatic hydroxyl groups excluding tert-OH is 1. The van der Waals surface area contributed by atoms with Crippen LogP contribution in [0, 0.1) is 5.82 Å². The monoisotopic (exact) mass is 475 g/mol. The van der Waals surface area contributed by atoms with Gasteiger partial charge in [-0.05, 0) is 37.3 Å². The van der Waals surface area contributed by atoms with Crippen LogP contribution >= 0.6 is 0 Å². The molecule has 0 spiro atoms. The van der Waals surface area contributed by atoms with E-state index in [9.17, 15) is 14.3 Å². The molecule has 2 aromatic heterocycles. The predicted octanol–water partition coefficient (Wildman–Crippen LogP) is 2.86. The lowest BCUT2D eigenvalue weighted by atomic mass is 10.2. The van der Waals surface area contributed by atoms with Crippen molar-refractivity contribution in [2.45, 2.75) is 13.2 Å². The zero-order chi connectivity index (χ0) is 24.5. The maximum atomic E-state index is 15.0. The summed E-state index contributed by atoms with van der Waals surface area (Å²) in [6, 6.07) is 14.1. The number of carbonyl (C=O) groups excluding carboxylic acids is 1. The zero-order valence-electron chi connectivity index (χ0n) is 19.2. The summed E-state index contributed by atoms with van der Waals surface area (Å²) < 4.78 is 16.7. The summed E-state index contributed by atoms with van der Waals surface area (Å²) in [6.45, 7) is 4.35. The number of anilines is 3. The number of hydrogen-bond donors (Lipinski definition) is 3. The molecular formula is C25H26FN7O2. The standard InChI is InChI=1S/C25H26FN7O2/c1-16(34)31-10-12-32(13-11-31)22-7-6-17(14-20(22)26)29-25-28-9-8-23(30-25)33-15-19(24(27)35)18-4-2-3-5-21(18)33/h2-9,14-16,34H,10-13H2,1H3,(H2,27,35)(H,28,29,30). The molecule has 180 valence electrons. The zero-order valence-corrected chi connectivity index (χ0v) is 19.2. The lowest BCUT2D eigenvalue weighted by Crippen LogP contribution is -2.49. The molecule has 0 bridgehead atoms. The molecule has 10 heteroatoms. The molecule has 1 unspecified atom stereocenters. The fourth-order valence-corrected chi connectivity index (χ4v) is 4.42. The van der Waals surface area contributed by atoms with Gasteiger partial charge in [0, 0.05) is 49.6 Å². The summed E-state index contributed by atoms with van der Waals surface area (Å²) in [6.07, 6.45) is 2.75. The number of aliphatic hydroxyl groups is 1. The van der Waals surface area contributed by atoms with E-state index in [-0.39, 0.29) is 5.82 Å². The third kappa shape index (κ3) is 4.53. The van der Waals surface area contributed by atoms with Gasteiger partial charge >= 0.3 is 0 Å². The Morgan fingerprint density at radius 2 is 1.91 bits per heavy atom. The first kappa shape index (κ1) is 22.8. The van der Waals surface area contributed by atoms with Crippen molar-refractivity contribution in [3.05, 3.63) is 72.3 Å². The minimum atomic E-state index is -0.518. The van der Waals surface area contributed by atoms with E-state index in [0.29, 0.717) is 54.9 Å². The number of amides is 1. The Morgan fingerprint density at radius 3 is 2.63 bits per heavy atom. The number of carbonyl (C=O) groups is 1. The molecule has 1 amide bonds. The van der Waals surface area contributed by atoms with E-state index in [2.05, 4.69) is 15.3 Å². The molecular weight excluding hydrogens is 449 g/mol. The van der Waals surface area contributed by atoms with Crippen LogP contribution in [-0.4, -0.2) is 62.9 Å². The van der Waals surface area contributed by atoms with Crippen LogP contribution in [0.5, 0.6) is 0 Å². The number of nitrogens with two attached hydrogens (primary N) is 1. The number of primary amides is 1. The average molecular weight is 476 g/mol. The van der Waals surface area contributed by atoms with Crippen molar-refractivity contribution < 1.29 is 14.3 Å². The van der Waals surface area contributed by atoms with Crippen LogP contribution < -0.4 is 16.0 Å². The number of para-hydroxylation sites is 1. The van der Waals surface area contributed by atoms with Crippen molar-refractivity contribution in [1.82, 2.24) is 19.4 Å². The number of nitrogens with one attached hydrogen (secondary N) is 1. The smallest absolute Gasteiger partial charge is 0.250 e. The van der Waals surface area contributed by atoms with Gasteiger partial charge in [0.25, 0.3) is 5.91 Å². The quantitative estimate of drug-likeness (QED) is 0.393. The van der Waals surface area contributed by atoms with Crippen molar-refractivity contribution in [3.8, 4) is 5.82 Å². The third-order valence-corrected chi connectivity index (χ3v) is 6.25. The summed E-state index contributed by atoms with van der Waals surface area (Å²) in [5, 5.41) is 13.5. The van der Waals surface area contributed by atoms with Gasteiger partial charge in [-0.2, -0.15) is 4.98 Å². The van der Waals surface area contributed by atoms with E-state index in [1.54, 1.807) is 42.1 Å². The molecule has 0 saturated carbocycles. The highest BCUT2D eigenvalue weighted by Gasteiger charge is 2.22. The fourth-order valence-electron chi connectivity index (χ4n) is 4.42. The fraction of sp³-hybridized carbons (Fsp3) is 0.240. The Balaban J connectivity index is 1.37. The normalized spacial score (nSPS) is 15.3. The van der Waals surface area contributed by atoms with Crippen LogP contribution in [0.25, 0.3) is 16.7 Å². The van der Waals surface area contributed by atoms with Gasteiger partial charge in [-0.25, -0.2) is 9.37 Å². The van der Waals surface area contributed by atoms with Gasteiger partial charge in [-0.15, -0.1) is 0 Å². The number of piperazine rings is 1. The topological polar surface area (TPSA) is 113 Å². The van der Waals surface area contributed by atoms with Gasteiger partial charge in [0.15, 0.2) is 0 Å². The molecule has 1 fully saturated rings. The number of rotatable bonds is 6. The van der Waals surface area contributed by atoms with Crippen LogP contribution in [0.3, 0.4) is 0 Å². The Bertz CT molecular complexity index is 1380. The first-order chi connectivity index (χ1) is 16.9. The molecule has 5 rings (SSSR count). The van der Waals surface area contributed by atoms with Crippen LogP contribution in [0.15, 0.2) is 60.9 Å². The molecule has 4 N–H and O–H groups in total. The largest absolute Gasteiger partial charge is 0.379 e. The predicted molar refractivity (Wildman–Crippen MR) is 133 cm³/mol. The summed E-state index contributed by atoms with van der Waals surface area (Å²) in [5.41, 5.74) is 7.78. The maximum absolute atomic E-state index is 15.0. The number of aromatic nitrogens is 3. The van der Waals surface area contributed by atoms with Crippen LogP contribution in [0.4, 0.5) is 21.7 Å². The third-order valence-electron chi connectivity index (χ3n) is 6.25. The second kappa shape index (κ2) is 9.32. The molecule has 1 aliphatic rings. The molecule has 2 aromatic carbocycles. The molecule has 1 saturated heterocycles. The highest BCUT2D eigenvalue weighted by molar-refractivity contribution is 6.06. The van der Waals surface area contributed by atoms with E-state index in [1.807, 2.05) is 34.1 Å². The van der Waals surface area contributed by atoms with Gasteiger partial charge in [0.2, 0.25) is 5.95 Å². The highest BCUT2D eigenvalue weighted by atomic mass is 19.1. The summed E-state index contributed by atoms with van der Waals surface area (Å²) in [7, 11) is 0. The van der Waals surface area contributed by atoms with Crippen molar-refractivity contribution in [3.63, 3.8) is 0 Å². The number of fused-ring (bicyclic) bond motifs is 1. The average Bonchev–Trinajstić information content (AvgIpc) is 3.25. The van der Waals surface area contributed by atoms with Crippen LogP contribution in [0.1, 0.15) is 17.3 Å². The van der Waals surface area contributed by atoms with Gasteiger partial charge in [-0.1, -0.05) is 18.2 Å². The molecule has 35 heavy (non-hydrogen) atoms. The first-order valence-electron chi connectivity index (χ1n) is 11.4. The van der Waals surface area contributed by atoms with E-state index in [4.69, 9.17) is 5.73 Å². The minimum Gasteiger partial charge on any atom is -0.379 e. The lowest BCUT2D eigenvalue weighted by molar-refractivity contribution is 0.0152. The molecule has 1 atom stereocenters. The molecule has 1 aliphatic heterocycles. The van der Waals surface area contributed by atoms with Crippen LogP contribution in [-0.2, 0) is 0 Å². The molecule has 3 heterocycles. The van der Waals surface area contributed by atoms with Crippen molar-refractivity contribution in [2.24, 2.45) is 5.73 Å².